The van der Waals surface area contributed by atoms with E-state index in [-0.39, 0.29) is 29.4 Å². The van der Waals surface area contributed by atoms with Crippen LogP contribution in [0.5, 0.6) is 0 Å². The average molecular weight is 464 g/mol. The lowest BCUT2D eigenvalue weighted by Gasteiger charge is -2.26. The van der Waals surface area contributed by atoms with Gasteiger partial charge in [-0.3, -0.25) is 14.5 Å². The molecule has 3 rings (SSSR count). The van der Waals surface area contributed by atoms with Crippen LogP contribution in [0.2, 0.25) is 0 Å². The van der Waals surface area contributed by atoms with Gasteiger partial charge in [0.15, 0.2) is 9.84 Å². The van der Waals surface area contributed by atoms with Crippen LogP contribution in [0.4, 0.5) is 5.00 Å². The first-order valence-electron chi connectivity index (χ1n) is 10.5. The van der Waals surface area contributed by atoms with Crippen molar-refractivity contribution in [1.29, 1.82) is 0 Å². The van der Waals surface area contributed by atoms with Gasteiger partial charge in [0.1, 0.15) is 5.00 Å². The van der Waals surface area contributed by atoms with Crippen molar-refractivity contribution >= 4 is 38.0 Å². The van der Waals surface area contributed by atoms with Gasteiger partial charge in [-0.25, -0.2) is 8.42 Å². The predicted octanol–water partition coefficient (Wildman–Crippen LogP) is 3.12. The molecule has 0 atom stereocenters. The van der Waals surface area contributed by atoms with Gasteiger partial charge >= 0.3 is 0 Å². The Morgan fingerprint density at radius 1 is 1.23 bits per heavy atom. The lowest BCUT2D eigenvalue weighted by atomic mass is 10.0. The van der Waals surface area contributed by atoms with Crippen molar-refractivity contribution in [3.05, 3.63) is 45.8 Å². The van der Waals surface area contributed by atoms with E-state index in [1.54, 1.807) is 24.3 Å². The number of carbonyl (C=O) groups excluding carboxylic acids is 2. The van der Waals surface area contributed by atoms with Crippen LogP contribution in [-0.4, -0.2) is 44.0 Å². The van der Waals surface area contributed by atoms with Crippen molar-refractivity contribution in [2.45, 2.75) is 51.0 Å². The van der Waals surface area contributed by atoms with Crippen LogP contribution in [0.25, 0.3) is 0 Å². The van der Waals surface area contributed by atoms with Crippen LogP contribution < -0.4 is 11.1 Å². The first kappa shape index (κ1) is 23.4. The molecule has 0 bridgehead atoms. The van der Waals surface area contributed by atoms with E-state index in [0.717, 1.165) is 48.5 Å². The van der Waals surface area contributed by atoms with E-state index in [1.165, 1.54) is 11.3 Å². The molecular weight excluding hydrogens is 434 g/mol. The van der Waals surface area contributed by atoms with E-state index < -0.39 is 15.7 Å². The molecule has 3 N–H and O–H groups in total. The van der Waals surface area contributed by atoms with Crippen LogP contribution in [0.15, 0.2) is 29.2 Å². The largest absolute Gasteiger partial charge is 0.365 e. The number of fused-ring (bicyclic) bond motifs is 1. The molecule has 0 saturated heterocycles. The van der Waals surface area contributed by atoms with Crippen molar-refractivity contribution in [1.82, 2.24) is 4.90 Å². The monoisotopic (exact) mass is 463 g/mol. The number of nitrogens with two attached hydrogens (primary N) is 1. The van der Waals surface area contributed by atoms with Crippen LogP contribution in [0.3, 0.4) is 0 Å². The number of hydrogen-bond donors (Lipinski definition) is 2. The van der Waals surface area contributed by atoms with Crippen molar-refractivity contribution < 1.29 is 18.0 Å². The summed E-state index contributed by atoms with van der Waals surface area (Å²) in [7, 11) is -3.44. The second kappa shape index (κ2) is 9.93. The highest BCUT2D eigenvalue weighted by atomic mass is 32.2. The first-order valence-corrected chi connectivity index (χ1v) is 12.9. The van der Waals surface area contributed by atoms with Crippen molar-refractivity contribution in [3.8, 4) is 0 Å². The highest BCUT2D eigenvalue weighted by Crippen LogP contribution is 2.37. The van der Waals surface area contributed by atoms with E-state index in [9.17, 15) is 18.0 Å². The lowest BCUT2D eigenvalue weighted by molar-refractivity contribution is -0.116. The Bertz CT molecular complexity index is 1060. The summed E-state index contributed by atoms with van der Waals surface area (Å²) in [6.45, 7) is 6.62. The van der Waals surface area contributed by atoms with Gasteiger partial charge in [-0.05, 0) is 50.4 Å². The number of amides is 2. The Balaban J connectivity index is 1.63. The number of carbonyl (C=O) groups is 2. The second-order valence-electron chi connectivity index (χ2n) is 7.88. The molecule has 2 aromatic rings. The standard InChI is InChI=1S/C22H29N3O4S2/c1-3-11-25-12-10-17-18(14-25)30-22(20(17)21(23)27)24-19(26)5-4-13-31(28,29)16-8-6-15(2)7-9-16/h6-9H,3-5,10-14H2,1-2H3,(H2,23,27)(H,24,26). The third-order valence-electron chi connectivity index (χ3n) is 5.37. The molecule has 1 aliphatic rings. The van der Waals surface area contributed by atoms with E-state index in [1.807, 2.05) is 6.92 Å². The zero-order valence-corrected chi connectivity index (χ0v) is 19.6. The molecule has 9 heteroatoms. The Labute approximate surface area is 187 Å². The number of benzene rings is 1. The molecule has 0 fully saturated rings. The zero-order valence-electron chi connectivity index (χ0n) is 17.9. The molecule has 0 aliphatic carbocycles. The first-order chi connectivity index (χ1) is 14.7. The molecule has 0 unspecified atom stereocenters. The number of sulfone groups is 1. The van der Waals surface area contributed by atoms with E-state index in [2.05, 4.69) is 17.1 Å². The fraction of sp³-hybridized carbons (Fsp3) is 0.455. The quantitative estimate of drug-likeness (QED) is 0.594. The van der Waals surface area contributed by atoms with Gasteiger partial charge in [0.25, 0.3) is 5.91 Å². The summed E-state index contributed by atoms with van der Waals surface area (Å²) in [5, 5.41) is 3.27. The number of hydrogen-bond acceptors (Lipinski definition) is 6. The Morgan fingerprint density at radius 3 is 2.58 bits per heavy atom. The fourth-order valence-corrected chi connectivity index (χ4v) is 6.41. The van der Waals surface area contributed by atoms with Gasteiger partial charge < -0.3 is 11.1 Å². The summed E-state index contributed by atoms with van der Waals surface area (Å²) in [6.07, 6.45) is 2.03. The summed E-state index contributed by atoms with van der Waals surface area (Å²) >= 11 is 1.39. The van der Waals surface area contributed by atoms with E-state index >= 15 is 0 Å². The highest BCUT2D eigenvalue weighted by Gasteiger charge is 2.27. The summed E-state index contributed by atoms with van der Waals surface area (Å²) in [5.74, 6) is -0.969. The SMILES string of the molecule is CCCN1CCc2c(sc(NC(=O)CCCS(=O)(=O)c3ccc(C)cc3)c2C(N)=O)C1. The smallest absolute Gasteiger partial charge is 0.251 e. The Morgan fingerprint density at radius 2 is 1.94 bits per heavy atom. The molecule has 1 aromatic carbocycles. The van der Waals surface area contributed by atoms with Crippen molar-refractivity contribution in [3.63, 3.8) is 0 Å². The summed E-state index contributed by atoms with van der Waals surface area (Å²) in [5.41, 5.74) is 7.93. The molecule has 31 heavy (non-hydrogen) atoms. The fourth-order valence-electron chi connectivity index (χ4n) is 3.79. The molecule has 7 nitrogen and oxygen atoms in total. The third-order valence-corrected chi connectivity index (χ3v) is 8.32. The van der Waals surface area contributed by atoms with Gasteiger partial charge in [-0.2, -0.15) is 0 Å². The lowest BCUT2D eigenvalue weighted by Crippen LogP contribution is -2.31. The average Bonchev–Trinajstić information content (AvgIpc) is 3.05. The molecule has 1 aromatic heterocycles. The number of nitrogens with one attached hydrogen (secondary N) is 1. The molecule has 0 spiro atoms. The third kappa shape index (κ3) is 5.72. The number of aryl methyl sites for hydroxylation is 1. The molecule has 0 radical (unpaired) electrons. The van der Waals surface area contributed by atoms with Crippen LogP contribution in [0, 0.1) is 6.92 Å². The number of primary amides is 1. The van der Waals surface area contributed by atoms with Gasteiger partial charge in [-0.1, -0.05) is 24.6 Å². The zero-order chi connectivity index (χ0) is 22.6. The van der Waals surface area contributed by atoms with Gasteiger partial charge in [0.2, 0.25) is 5.91 Å². The van der Waals surface area contributed by atoms with Crippen LogP contribution >= 0.6 is 11.3 Å². The maximum Gasteiger partial charge on any atom is 0.251 e. The molecule has 0 saturated carbocycles. The molecule has 2 amide bonds. The minimum Gasteiger partial charge on any atom is -0.365 e. The Hall–Kier alpha value is -2.23. The summed E-state index contributed by atoms with van der Waals surface area (Å²) in [4.78, 5) is 28.2. The topological polar surface area (TPSA) is 110 Å². The van der Waals surface area contributed by atoms with Crippen LogP contribution in [0.1, 0.15) is 52.5 Å². The summed E-state index contributed by atoms with van der Waals surface area (Å²) < 4.78 is 24.9. The van der Waals surface area contributed by atoms with Crippen molar-refractivity contribution in [2.75, 3.05) is 24.2 Å². The minimum absolute atomic E-state index is 0.0494. The maximum absolute atomic E-state index is 12.5. The number of thiophene rings is 1. The number of anilines is 1. The number of rotatable bonds is 9. The van der Waals surface area contributed by atoms with Crippen LogP contribution in [-0.2, 0) is 27.6 Å². The highest BCUT2D eigenvalue weighted by molar-refractivity contribution is 7.91. The van der Waals surface area contributed by atoms with Gasteiger partial charge in [0, 0.05) is 24.4 Å². The normalized spacial score (nSPS) is 14.3. The maximum atomic E-state index is 12.5. The minimum atomic E-state index is -3.44. The van der Waals surface area contributed by atoms with E-state index in [0.29, 0.717) is 10.6 Å². The molecule has 1 aliphatic heterocycles. The predicted molar refractivity (Wildman–Crippen MR) is 123 cm³/mol. The molecule has 168 valence electrons. The van der Waals surface area contributed by atoms with E-state index in [4.69, 9.17) is 5.73 Å². The Kier molecular flexibility index (Phi) is 7.51. The van der Waals surface area contributed by atoms with Gasteiger partial charge in [0.05, 0.1) is 16.2 Å². The molecule has 2 heterocycles. The van der Waals surface area contributed by atoms with Gasteiger partial charge in [-0.15, -0.1) is 11.3 Å². The second-order valence-corrected chi connectivity index (χ2v) is 11.1. The number of nitrogens with zero attached hydrogens (tertiary/aromatic N) is 1. The summed E-state index contributed by atoms with van der Waals surface area (Å²) in [6, 6.07) is 6.68. The van der Waals surface area contributed by atoms with Crippen molar-refractivity contribution in [2.24, 2.45) is 5.73 Å². The molecular formula is C22H29N3O4S2.